The zero-order chi connectivity index (χ0) is 18.4. The highest BCUT2D eigenvalue weighted by atomic mass is 127. The fraction of sp³-hybridized carbons (Fsp3) is 0.650. The Labute approximate surface area is 184 Å². The molecule has 0 radical (unpaired) electrons. The molecule has 0 aromatic heterocycles. The highest BCUT2D eigenvalue weighted by Crippen LogP contribution is 2.32. The molecule has 0 amide bonds. The molecule has 2 atom stereocenters. The lowest BCUT2D eigenvalue weighted by Crippen LogP contribution is -2.56. The summed E-state index contributed by atoms with van der Waals surface area (Å²) in [6.07, 6.45) is 6.45. The average Bonchev–Trinajstić information content (AvgIpc) is 2.61. The summed E-state index contributed by atoms with van der Waals surface area (Å²) in [6, 6.07) is 8.62. The van der Waals surface area contributed by atoms with Crippen molar-refractivity contribution in [3.05, 3.63) is 30.1 Å². The van der Waals surface area contributed by atoms with Crippen LogP contribution in [0, 0.1) is 5.82 Å². The van der Waals surface area contributed by atoms with Gasteiger partial charge in [0.2, 0.25) is 0 Å². The van der Waals surface area contributed by atoms with E-state index in [1.807, 2.05) is 12.1 Å². The molecule has 1 aromatic rings. The third-order valence-electron chi connectivity index (χ3n) is 5.47. The number of nitrogens with one attached hydrogen (secondary N) is 2. The van der Waals surface area contributed by atoms with Crippen molar-refractivity contribution in [2.24, 2.45) is 4.99 Å². The average molecular weight is 506 g/mol. The number of hydrogen-bond acceptors (Lipinski definition) is 3. The first-order valence-corrected chi connectivity index (χ1v) is 10.8. The van der Waals surface area contributed by atoms with E-state index in [-0.39, 0.29) is 29.8 Å². The molecule has 0 spiro atoms. The van der Waals surface area contributed by atoms with Crippen LogP contribution in [0.2, 0.25) is 0 Å². The Hall–Kier alpha value is -0.540. The number of benzene rings is 1. The smallest absolute Gasteiger partial charge is 0.191 e. The molecule has 2 unspecified atom stereocenters. The van der Waals surface area contributed by atoms with E-state index in [1.54, 1.807) is 11.8 Å². The van der Waals surface area contributed by atoms with Gasteiger partial charge >= 0.3 is 0 Å². The number of thioether (sulfide) groups is 1. The normalized spacial score (nSPS) is 25.6. The minimum Gasteiger partial charge on any atom is -0.357 e. The molecule has 2 aliphatic rings. The van der Waals surface area contributed by atoms with Crippen molar-refractivity contribution in [3.8, 4) is 0 Å². The van der Waals surface area contributed by atoms with Gasteiger partial charge in [0, 0.05) is 35.3 Å². The standard InChI is InChI=1S/C20H31FN4S.HI/c1-3-22-20(23-11-12-26-19-9-7-15(21)8-10-19)24-16-13-17-5-4-6-18(14-16)25(17)2;/h7-10,16-18H,3-6,11-14H2,1-2H3,(H2,22,23,24);1H. The van der Waals surface area contributed by atoms with Gasteiger partial charge in [0.25, 0.3) is 0 Å². The van der Waals surface area contributed by atoms with E-state index in [0.29, 0.717) is 6.04 Å². The second kappa shape index (κ2) is 11.5. The van der Waals surface area contributed by atoms with Crippen molar-refractivity contribution in [1.82, 2.24) is 15.5 Å². The lowest BCUT2D eigenvalue weighted by Gasteiger charge is -2.47. The predicted octanol–water partition coefficient (Wildman–Crippen LogP) is 4.11. The van der Waals surface area contributed by atoms with Gasteiger partial charge in [-0.1, -0.05) is 6.42 Å². The van der Waals surface area contributed by atoms with Crippen LogP contribution in [0.4, 0.5) is 4.39 Å². The molecule has 0 aliphatic carbocycles. The second-order valence-corrected chi connectivity index (χ2v) is 8.45. The summed E-state index contributed by atoms with van der Waals surface area (Å²) in [5.41, 5.74) is 0. The van der Waals surface area contributed by atoms with Crippen molar-refractivity contribution in [2.45, 2.75) is 62.0 Å². The molecule has 2 aliphatic heterocycles. The first kappa shape index (κ1) is 22.7. The van der Waals surface area contributed by atoms with Gasteiger partial charge in [0.15, 0.2) is 5.96 Å². The first-order chi connectivity index (χ1) is 12.7. The van der Waals surface area contributed by atoms with Crippen LogP contribution >= 0.6 is 35.7 Å². The maximum absolute atomic E-state index is 12.9. The summed E-state index contributed by atoms with van der Waals surface area (Å²) in [5.74, 6) is 1.63. The minimum atomic E-state index is -0.186. The van der Waals surface area contributed by atoms with Crippen LogP contribution in [0.5, 0.6) is 0 Å². The molecule has 2 N–H and O–H groups in total. The second-order valence-electron chi connectivity index (χ2n) is 7.28. The van der Waals surface area contributed by atoms with Crippen LogP contribution in [0.3, 0.4) is 0 Å². The fourth-order valence-corrected chi connectivity index (χ4v) is 4.85. The maximum Gasteiger partial charge on any atom is 0.191 e. The van der Waals surface area contributed by atoms with Crippen molar-refractivity contribution in [2.75, 3.05) is 25.9 Å². The zero-order valence-corrected chi connectivity index (χ0v) is 19.4. The Balaban J connectivity index is 0.00000261. The van der Waals surface area contributed by atoms with Gasteiger partial charge in [-0.3, -0.25) is 4.99 Å². The van der Waals surface area contributed by atoms with Gasteiger partial charge in [0.05, 0.1) is 6.54 Å². The third-order valence-corrected chi connectivity index (χ3v) is 6.46. The van der Waals surface area contributed by atoms with Crippen molar-refractivity contribution in [1.29, 1.82) is 0 Å². The maximum atomic E-state index is 12.9. The van der Waals surface area contributed by atoms with E-state index >= 15 is 0 Å². The summed E-state index contributed by atoms with van der Waals surface area (Å²) >= 11 is 1.71. The highest BCUT2D eigenvalue weighted by Gasteiger charge is 2.36. The van der Waals surface area contributed by atoms with E-state index in [4.69, 9.17) is 4.99 Å². The zero-order valence-electron chi connectivity index (χ0n) is 16.3. The van der Waals surface area contributed by atoms with E-state index in [2.05, 4.69) is 29.5 Å². The van der Waals surface area contributed by atoms with Crippen LogP contribution in [-0.2, 0) is 0 Å². The molecule has 0 saturated carbocycles. The Kier molecular flexibility index (Phi) is 9.65. The number of nitrogens with zero attached hydrogens (tertiary/aromatic N) is 2. The van der Waals surface area contributed by atoms with Gasteiger partial charge < -0.3 is 15.5 Å². The highest BCUT2D eigenvalue weighted by molar-refractivity contribution is 14.0. The largest absolute Gasteiger partial charge is 0.357 e. The minimum absolute atomic E-state index is 0. The van der Waals surface area contributed by atoms with Crippen molar-refractivity contribution >= 4 is 41.7 Å². The molecular formula is C20H32FIN4S. The molecule has 27 heavy (non-hydrogen) atoms. The summed E-state index contributed by atoms with van der Waals surface area (Å²) in [5, 5.41) is 7.04. The Morgan fingerprint density at radius 1 is 1.22 bits per heavy atom. The van der Waals surface area contributed by atoms with Gasteiger partial charge in [-0.2, -0.15) is 0 Å². The Bertz CT molecular complexity index is 584. The Morgan fingerprint density at radius 3 is 2.52 bits per heavy atom. The SMILES string of the molecule is CCNC(=NCCSc1ccc(F)cc1)NC1CC2CCCC(C1)N2C.I. The molecule has 3 rings (SSSR count). The molecule has 2 saturated heterocycles. The third kappa shape index (κ3) is 6.78. The topological polar surface area (TPSA) is 39.7 Å². The van der Waals surface area contributed by atoms with Gasteiger partial charge in [-0.15, -0.1) is 35.7 Å². The summed E-state index contributed by atoms with van der Waals surface area (Å²) in [4.78, 5) is 8.41. The molecule has 4 nitrogen and oxygen atoms in total. The van der Waals surface area contributed by atoms with Crippen LogP contribution < -0.4 is 10.6 Å². The number of guanidine groups is 1. The molecule has 2 fully saturated rings. The molecule has 7 heteroatoms. The van der Waals surface area contributed by atoms with Crippen molar-refractivity contribution in [3.63, 3.8) is 0 Å². The summed E-state index contributed by atoms with van der Waals surface area (Å²) in [6.45, 7) is 3.72. The summed E-state index contributed by atoms with van der Waals surface area (Å²) in [7, 11) is 2.29. The Morgan fingerprint density at radius 2 is 1.89 bits per heavy atom. The lowest BCUT2D eigenvalue weighted by atomic mass is 9.82. The first-order valence-electron chi connectivity index (χ1n) is 9.81. The number of hydrogen-bond donors (Lipinski definition) is 2. The lowest BCUT2D eigenvalue weighted by molar-refractivity contribution is 0.0526. The van der Waals surface area contributed by atoms with E-state index in [9.17, 15) is 4.39 Å². The predicted molar refractivity (Wildman–Crippen MR) is 124 cm³/mol. The van der Waals surface area contributed by atoms with E-state index in [0.717, 1.165) is 41.8 Å². The number of fused-ring (bicyclic) bond motifs is 2. The van der Waals surface area contributed by atoms with Crippen LogP contribution in [0.1, 0.15) is 39.0 Å². The monoisotopic (exact) mass is 506 g/mol. The van der Waals surface area contributed by atoms with E-state index < -0.39 is 0 Å². The molecule has 1 aromatic carbocycles. The van der Waals surface area contributed by atoms with Crippen LogP contribution in [0.15, 0.2) is 34.2 Å². The number of aliphatic imine (C=N–C) groups is 1. The quantitative estimate of drug-likeness (QED) is 0.200. The van der Waals surface area contributed by atoms with Crippen molar-refractivity contribution < 1.29 is 4.39 Å². The van der Waals surface area contributed by atoms with Gasteiger partial charge in [0.1, 0.15) is 5.82 Å². The molecule has 2 heterocycles. The molecule has 2 bridgehead atoms. The van der Waals surface area contributed by atoms with E-state index in [1.165, 1.54) is 44.2 Å². The van der Waals surface area contributed by atoms with Crippen LogP contribution in [-0.4, -0.2) is 54.9 Å². The summed E-state index contributed by atoms with van der Waals surface area (Å²) < 4.78 is 12.9. The fourth-order valence-electron chi connectivity index (χ4n) is 4.10. The van der Waals surface area contributed by atoms with Crippen LogP contribution in [0.25, 0.3) is 0 Å². The van der Waals surface area contributed by atoms with Gasteiger partial charge in [-0.05, 0) is 63.9 Å². The van der Waals surface area contributed by atoms with Gasteiger partial charge in [-0.25, -0.2) is 4.39 Å². The molecule has 152 valence electrons. The number of halogens is 2. The number of piperidine rings is 2. The molecular weight excluding hydrogens is 474 g/mol. The number of rotatable bonds is 6.